The molecule has 1 fully saturated rings. The normalized spacial score (nSPS) is 17.7. The van der Waals surface area contributed by atoms with Crippen LogP contribution in [0, 0.1) is 12.7 Å². The van der Waals surface area contributed by atoms with E-state index >= 15 is 0 Å². The Labute approximate surface area is 109 Å². The molecule has 0 amide bonds. The minimum absolute atomic E-state index is 0.0997. The summed E-state index contributed by atoms with van der Waals surface area (Å²) in [5.41, 5.74) is 2.01. The van der Waals surface area contributed by atoms with Crippen LogP contribution in [0.25, 0.3) is 0 Å². The summed E-state index contributed by atoms with van der Waals surface area (Å²) in [7, 11) is 0. The fourth-order valence-corrected chi connectivity index (χ4v) is 2.49. The molecular formula is C15H23FN2. The van der Waals surface area contributed by atoms with Crippen LogP contribution in [-0.2, 0) is 6.42 Å². The molecule has 1 aromatic carbocycles. The average molecular weight is 250 g/mol. The monoisotopic (exact) mass is 250 g/mol. The minimum atomic E-state index is -0.0997. The van der Waals surface area contributed by atoms with Crippen molar-refractivity contribution < 1.29 is 4.39 Å². The maximum Gasteiger partial charge on any atom is 0.126 e. The molecule has 0 saturated carbocycles. The quantitative estimate of drug-likeness (QED) is 0.882. The van der Waals surface area contributed by atoms with Gasteiger partial charge in [-0.3, -0.25) is 0 Å². The first kappa shape index (κ1) is 13.5. The second-order valence-electron chi connectivity index (χ2n) is 5.13. The molecule has 3 heteroatoms. The highest BCUT2D eigenvalue weighted by molar-refractivity contribution is 5.23. The summed E-state index contributed by atoms with van der Waals surface area (Å²) < 4.78 is 13.1. The van der Waals surface area contributed by atoms with E-state index in [1.54, 1.807) is 6.07 Å². The van der Waals surface area contributed by atoms with Gasteiger partial charge in [-0.25, -0.2) is 4.39 Å². The molecule has 1 aromatic rings. The molecule has 1 aliphatic rings. The molecule has 0 radical (unpaired) electrons. The second-order valence-corrected chi connectivity index (χ2v) is 5.13. The van der Waals surface area contributed by atoms with Gasteiger partial charge in [-0.15, -0.1) is 0 Å². The van der Waals surface area contributed by atoms with Crippen molar-refractivity contribution in [2.24, 2.45) is 0 Å². The summed E-state index contributed by atoms with van der Waals surface area (Å²) in [6.07, 6.45) is 3.45. The van der Waals surface area contributed by atoms with Crippen molar-refractivity contribution in [2.75, 3.05) is 32.7 Å². The van der Waals surface area contributed by atoms with Crippen LogP contribution in [0.2, 0.25) is 0 Å². The molecule has 0 bridgehead atoms. The number of nitrogens with one attached hydrogen (secondary N) is 1. The number of halogens is 1. The highest BCUT2D eigenvalue weighted by atomic mass is 19.1. The van der Waals surface area contributed by atoms with Crippen molar-refractivity contribution in [1.82, 2.24) is 10.2 Å². The Balaban J connectivity index is 1.75. The van der Waals surface area contributed by atoms with E-state index in [1.807, 2.05) is 19.1 Å². The molecule has 100 valence electrons. The van der Waals surface area contributed by atoms with Gasteiger partial charge in [-0.1, -0.05) is 12.1 Å². The molecule has 18 heavy (non-hydrogen) atoms. The first-order valence-electron chi connectivity index (χ1n) is 6.94. The number of aryl methyl sites for hydroxylation is 2. The lowest BCUT2D eigenvalue weighted by atomic mass is 10.1. The van der Waals surface area contributed by atoms with E-state index < -0.39 is 0 Å². The van der Waals surface area contributed by atoms with Crippen molar-refractivity contribution in [3.8, 4) is 0 Å². The third kappa shape index (κ3) is 4.07. The predicted molar refractivity (Wildman–Crippen MR) is 73.4 cm³/mol. The molecule has 0 aromatic heterocycles. The van der Waals surface area contributed by atoms with Gasteiger partial charge in [0.1, 0.15) is 5.82 Å². The van der Waals surface area contributed by atoms with Crippen LogP contribution in [-0.4, -0.2) is 37.6 Å². The number of rotatable bonds is 4. The van der Waals surface area contributed by atoms with Gasteiger partial charge in [0.15, 0.2) is 0 Å². The van der Waals surface area contributed by atoms with Crippen LogP contribution in [0.1, 0.15) is 24.0 Å². The number of hydrogen-bond acceptors (Lipinski definition) is 2. The summed E-state index contributed by atoms with van der Waals surface area (Å²) in [6, 6.07) is 5.46. The third-order valence-corrected chi connectivity index (χ3v) is 3.59. The van der Waals surface area contributed by atoms with Gasteiger partial charge in [-0.05, 0) is 63.0 Å². The zero-order valence-electron chi connectivity index (χ0n) is 11.2. The zero-order valence-corrected chi connectivity index (χ0v) is 11.2. The van der Waals surface area contributed by atoms with E-state index in [4.69, 9.17) is 0 Å². The molecule has 2 rings (SSSR count). The first-order chi connectivity index (χ1) is 8.75. The molecule has 1 aliphatic heterocycles. The average Bonchev–Trinajstić information content (AvgIpc) is 2.62. The van der Waals surface area contributed by atoms with Gasteiger partial charge in [0.2, 0.25) is 0 Å². The Morgan fingerprint density at radius 3 is 3.00 bits per heavy atom. The summed E-state index contributed by atoms with van der Waals surface area (Å²) >= 11 is 0. The molecule has 1 N–H and O–H groups in total. The molecule has 0 aliphatic carbocycles. The van der Waals surface area contributed by atoms with Gasteiger partial charge < -0.3 is 10.2 Å². The van der Waals surface area contributed by atoms with Gasteiger partial charge >= 0.3 is 0 Å². The standard InChI is InChI=1S/C15H23FN2/c1-13-12-14(5-6-15(13)16)4-2-9-18-10-3-7-17-8-11-18/h5-6,12,17H,2-4,7-11H2,1H3. The van der Waals surface area contributed by atoms with Crippen LogP contribution in [0.3, 0.4) is 0 Å². The van der Waals surface area contributed by atoms with Gasteiger partial charge in [-0.2, -0.15) is 0 Å². The fraction of sp³-hybridized carbons (Fsp3) is 0.600. The summed E-state index contributed by atoms with van der Waals surface area (Å²) in [5, 5.41) is 3.42. The molecule has 2 nitrogen and oxygen atoms in total. The lowest BCUT2D eigenvalue weighted by molar-refractivity contribution is 0.289. The van der Waals surface area contributed by atoms with Crippen molar-refractivity contribution >= 4 is 0 Å². The largest absolute Gasteiger partial charge is 0.315 e. The summed E-state index contributed by atoms with van der Waals surface area (Å²) in [6.45, 7) is 7.60. The molecule has 0 spiro atoms. The highest BCUT2D eigenvalue weighted by Crippen LogP contribution is 2.11. The van der Waals surface area contributed by atoms with Gasteiger partial charge in [0.05, 0.1) is 0 Å². The van der Waals surface area contributed by atoms with Crippen molar-refractivity contribution in [3.05, 3.63) is 35.1 Å². The van der Waals surface area contributed by atoms with Crippen LogP contribution in [0.5, 0.6) is 0 Å². The zero-order chi connectivity index (χ0) is 12.8. The Hall–Kier alpha value is -0.930. The SMILES string of the molecule is Cc1cc(CCCN2CCCNCC2)ccc1F. The molecule has 1 saturated heterocycles. The number of benzene rings is 1. The van der Waals surface area contributed by atoms with Crippen LogP contribution < -0.4 is 5.32 Å². The van der Waals surface area contributed by atoms with Crippen molar-refractivity contribution in [3.63, 3.8) is 0 Å². The summed E-state index contributed by atoms with van der Waals surface area (Å²) in [5.74, 6) is -0.0997. The summed E-state index contributed by atoms with van der Waals surface area (Å²) in [4.78, 5) is 2.52. The third-order valence-electron chi connectivity index (χ3n) is 3.59. The molecule has 0 atom stereocenters. The van der Waals surface area contributed by atoms with Crippen molar-refractivity contribution in [1.29, 1.82) is 0 Å². The van der Waals surface area contributed by atoms with E-state index in [2.05, 4.69) is 10.2 Å². The van der Waals surface area contributed by atoms with Crippen molar-refractivity contribution in [2.45, 2.75) is 26.2 Å². The molecule has 1 heterocycles. The molecular weight excluding hydrogens is 227 g/mol. The Bertz CT molecular complexity index is 371. The lowest BCUT2D eigenvalue weighted by Crippen LogP contribution is -2.29. The Morgan fingerprint density at radius 1 is 1.28 bits per heavy atom. The van der Waals surface area contributed by atoms with E-state index in [0.717, 1.165) is 44.6 Å². The predicted octanol–water partition coefficient (Wildman–Crippen LogP) is 2.36. The maximum absolute atomic E-state index is 13.1. The van der Waals surface area contributed by atoms with Crippen LogP contribution >= 0.6 is 0 Å². The Kier molecular flexibility index (Phi) is 5.14. The topological polar surface area (TPSA) is 15.3 Å². The van der Waals surface area contributed by atoms with E-state index in [9.17, 15) is 4.39 Å². The maximum atomic E-state index is 13.1. The first-order valence-corrected chi connectivity index (χ1v) is 6.94. The van der Waals surface area contributed by atoms with E-state index in [-0.39, 0.29) is 5.82 Å². The highest BCUT2D eigenvalue weighted by Gasteiger charge is 2.07. The minimum Gasteiger partial charge on any atom is -0.315 e. The van der Waals surface area contributed by atoms with Gasteiger partial charge in [0.25, 0.3) is 0 Å². The fourth-order valence-electron chi connectivity index (χ4n) is 2.49. The second kappa shape index (κ2) is 6.86. The van der Waals surface area contributed by atoms with Gasteiger partial charge in [0, 0.05) is 13.1 Å². The number of nitrogens with zero attached hydrogens (tertiary/aromatic N) is 1. The van der Waals surface area contributed by atoms with Crippen LogP contribution in [0.4, 0.5) is 4.39 Å². The molecule has 0 unspecified atom stereocenters. The van der Waals surface area contributed by atoms with E-state index in [1.165, 1.54) is 18.5 Å². The van der Waals surface area contributed by atoms with E-state index in [0.29, 0.717) is 0 Å². The number of hydrogen-bond donors (Lipinski definition) is 1. The Morgan fingerprint density at radius 2 is 2.17 bits per heavy atom. The lowest BCUT2D eigenvalue weighted by Gasteiger charge is -2.19. The smallest absolute Gasteiger partial charge is 0.126 e. The van der Waals surface area contributed by atoms with Crippen LogP contribution in [0.15, 0.2) is 18.2 Å².